The number of benzene rings is 2. The lowest BCUT2D eigenvalue weighted by molar-refractivity contribution is 0.00697. The molecule has 0 fully saturated rings. The average Bonchev–Trinajstić information content (AvgIpc) is 2.47. The lowest BCUT2D eigenvalue weighted by Gasteiger charge is -2.14. The van der Waals surface area contributed by atoms with Crippen LogP contribution in [0.25, 0.3) is 0 Å². The second kappa shape index (κ2) is 6.85. The summed E-state index contributed by atoms with van der Waals surface area (Å²) in [6, 6.07) is 16.7. The molecule has 0 aliphatic rings. The molecular weight excluding hydrogens is 286 g/mol. The molecule has 1 atom stereocenters. The minimum absolute atomic E-state index is 0.0256. The average molecular weight is 305 g/mol. The number of hydrogen-bond acceptors (Lipinski definition) is 4. The third-order valence-corrected chi connectivity index (χ3v) is 4.28. The SMILES string of the molecule is CC(NOCc1ccccc1)c1ccc(S(C)(=O)=O)cc1. The van der Waals surface area contributed by atoms with Gasteiger partial charge in [0, 0.05) is 6.26 Å². The number of nitrogens with one attached hydrogen (secondary N) is 1. The van der Waals surface area contributed by atoms with Crippen LogP contribution in [0.4, 0.5) is 0 Å². The van der Waals surface area contributed by atoms with Crippen molar-refractivity contribution in [2.45, 2.75) is 24.5 Å². The molecule has 2 aromatic carbocycles. The maximum Gasteiger partial charge on any atom is 0.175 e. The molecular formula is C16H19NO3S. The molecule has 0 aromatic heterocycles. The molecule has 0 saturated carbocycles. The maximum absolute atomic E-state index is 11.4. The van der Waals surface area contributed by atoms with Gasteiger partial charge in [-0.25, -0.2) is 8.42 Å². The summed E-state index contributed by atoms with van der Waals surface area (Å²) in [6.07, 6.45) is 1.20. The van der Waals surface area contributed by atoms with Crippen LogP contribution in [0.5, 0.6) is 0 Å². The van der Waals surface area contributed by atoms with E-state index in [0.717, 1.165) is 11.1 Å². The molecule has 21 heavy (non-hydrogen) atoms. The predicted molar refractivity (Wildman–Crippen MR) is 82.3 cm³/mol. The van der Waals surface area contributed by atoms with Crippen LogP contribution in [-0.4, -0.2) is 14.7 Å². The summed E-state index contributed by atoms with van der Waals surface area (Å²) in [4.78, 5) is 5.79. The Morgan fingerprint density at radius 1 is 1.05 bits per heavy atom. The highest BCUT2D eigenvalue weighted by Gasteiger charge is 2.09. The zero-order chi connectivity index (χ0) is 15.3. The Kier molecular flexibility index (Phi) is 5.12. The smallest absolute Gasteiger partial charge is 0.175 e. The molecule has 4 nitrogen and oxygen atoms in total. The van der Waals surface area contributed by atoms with Crippen LogP contribution in [0.1, 0.15) is 24.1 Å². The molecule has 5 heteroatoms. The third kappa shape index (κ3) is 4.67. The predicted octanol–water partition coefficient (Wildman–Crippen LogP) is 2.87. The van der Waals surface area contributed by atoms with Crippen molar-refractivity contribution in [2.75, 3.05) is 6.26 Å². The van der Waals surface area contributed by atoms with Crippen molar-refractivity contribution < 1.29 is 13.3 Å². The number of sulfone groups is 1. The van der Waals surface area contributed by atoms with Crippen LogP contribution >= 0.6 is 0 Å². The molecule has 0 saturated heterocycles. The molecule has 0 amide bonds. The summed E-state index contributed by atoms with van der Waals surface area (Å²) in [7, 11) is -3.15. The van der Waals surface area contributed by atoms with Gasteiger partial charge in [0.1, 0.15) is 0 Å². The Hall–Kier alpha value is -1.69. The number of hydroxylamine groups is 1. The van der Waals surface area contributed by atoms with Gasteiger partial charge < -0.3 is 0 Å². The largest absolute Gasteiger partial charge is 0.296 e. The standard InChI is InChI=1S/C16H19NO3S/c1-13(17-20-12-14-6-4-3-5-7-14)15-8-10-16(11-9-15)21(2,18)19/h3-11,13,17H,12H2,1-2H3. The molecule has 2 aromatic rings. The van der Waals surface area contributed by atoms with Gasteiger partial charge in [0.2, 0.25) is 0 Å². The first kappa shape index (κ1) is 15.7. The lowest BCUT2D eigenvalue weighted by Crippen LogP contribution is -2.19. The van der Waals surface area contributed by atoms with Gasteiger partial charge in [0.25, 0.3) is 0 Å². The van der Waals surface area contributed by atoms with Crippen LogP contribution in [0.2, 0.25) is 0 Å². The van der Waals surface area contributed by atoms with Crippen molar-refractivity contribution in [3.05, 3.63) is 65.7 Å². The summed E-state index contributed by atoms with van der Waals surface area (Å²) in [5, 5.41) is 0. The van der Waals surface area contributed by atoms with E-state index in [-0.39, 0.29) is 6.04 Å². The second-order valence-corrected chi connectivity index (χ2v) is 6.97. The molecule has 0 radical (unpaired) electrons. The van der Waals surface area contributed by atoms with Crippen molar-refractivity contribution in [1.29, 1.82) is 0 Å². The van der Waals surface area contributed by atoms with Gasteiger partial charge in [-0.2, -0.15) is 5.48 Å². The molecule has 0 spiro atoms. The van der Waals surface area contributed by atoms with Crippen molar-refractivity contribution in [3.8, 4) is 0 Å². The van der Waals surface area contributed by atoms with Crippen LogP contribution in [-0.2, 0) is 21.3 Å². The molecule has 1 unspecified atom stereocenters. The summed E-state index contributed by atoms with van der Waals surface area (Å²) in [5.74, 6) is 0. The lowest BCUT2D eigenvalue weighted by atomic mass is 10.1. The van der Waals surface area contributed by atoms with E-state index >= 15 is 0 Å². The number of rotatable bonds is 6. The fraction of sp³-hybridized carbons (Fsp3) is 0.250. The van der Waals surface area contributed by atoms with Gasteiger partial charge in [0.15, 0.2) is 9.84 Å². The highest BCUT2D eigenvalue weighted by molar-refractivity contribution is 7.90. The van der Waals surface area contributed by atoms with Gasteiger partial charge in [-0.15, -0.1) is 0 Å². The molecule has 112 valence electrons. The second-order valence-electron chi connectivity index (χ2n) is 4.96. The highest BCUT2D eigenvalue weighted by Crippen LogP contribution is 2.16. The van der Waals surface area contributed by atoms with Crippen LogP contribution in [0.15, 0.2) is 59.5 Å². The van der Waals surface area contributed by atoms with Crippen molar-refractivity contribution in [3.63, 3.8) is 0 Å². The molecule has 1 N–H and O–H groups in total. The van der Waals surface area contributed by atoms with E-state index in [4.69, 9.17) is 4.84 Å². The first-order valence-corrected chi connectivity index (χ1v) is 8.57. The van der Waals surface area contributed by atoms with Gasteiger partial charge >= 0.3 is 0 Å². The minimum atomic E-state index is -3.15. The minimum Gasteiger partial charge on any atom is -0.296 e. The van der Waals surface area contributed by atoms with E-state index in [0.29, 0.717) is 11.5 Å². The highest BCUT2D eigenvalue weighted by atomic mass is 32.2. The van der Waals surface area contributed by atoms with Gasteiger partial charge in [-0.1, -0.05) is 42.5 Å². The Labute approximate surface area is 125 Å². The quantitative estimate of drug-likeness (QED) is 0.834. The summed E-state index contributed by atoms with van der Waals surface area (Å²) in [5.41, 5.74) is 5.01. The van der Waals surface area contributed by atoms with E-state index in [1.54, 1.807) is 24.3 Å². The third-order valence-electron chi connectivity index (χ3n) is 3.15. The van der Waals surface area contributed by atoms with E-state index < -0.39 is 9.84 Å². The molecule has 2 rings (SSSR count). The normalized spacial score (nSPS) is 13.0. The van der Waals surface area contributed by atoms with E-state index in [1.807, 2.05) is 37.3 Å². The molecule has 0 bridgehead atoms. The van der Waals surface area contributed by atoms with E-state index in [9.17, 15) is 8.42 Å². The van der Waals surface area contributed by atoms with Gasteiger partial charge in [-0.05, 0) is 30.2 Å². The Bertz CT molecular complexity index is 666. The molecule has 0 heterocycles. The summed E-state index contributed by atoms with van der Waals surface area (Å²) < 4.78 is 22.8. The van der Waals surface area contributed by atoms with Crippen LogP contribution < -0.4 is 5.48 Å². The van der Waals surface area contributed by atoms with Crippen LogP contribution in [0.3, 0.4) is 0 Å². The Morgan fingerprint density at radius 3 is 2.24 bits per heavy atom. The van der Waals surface area contributed by atoms with Crippen molar-refractivity contribution >= 4 is 9.84 Å². The zero-order valence-corrected chi connectivity index (χ0v) is 12.9. The fourth-order valence-electron chi connectivity index (χ4n) is 1.90. The first-order valence-electron chi connectivity index (χ1n) is 6.68. The zero-order valence-electron chi connectivity index (χ0n) is 12.1. The fourth-order valence-corrected chi connectivity index (χ4v) is 2.53. The summed E-state index contributed by atoms with van der Waals surface area (Å²) >= 11 is 0. The Balaban J connectivity index is 1.90. The maximum atomic E-state index is 11.4. The van der Waals surface area contributed by atoms with Crippen LogP contribution in [0, 0.1) is 0 Å². The van der Waals surface area contributed by atoms with E-state index in [1.165, 1.54) is 6.26 Å². The summed E-state index contributed by atoms with van der Waals surface area (Å²) in [6.45, 7) is 2.44. The van der Waals surface area contributed by atoms with Crippen molar-refractivity contribution in [2.24, 2.45) is 0 Å². The van der Waals surface area contributed by atoms with Gasteiger partial charge in [-0.3, -0.25) is 4.84 Å². The Morgan fingerprint density at radius 2 is 1.67 bits per heavy atom. The van der Waals surface area contributed by atoms with E-state index in [2.05, 4.69) is 5.48 Å². The molecule has 0 aliphatic heterocycles. The number of hydrogen-bond donors (Lipinski definition) is 1. The molecule has 0 aliphatic carbocycles. The van der Waals surface area contributed by atoms with Gasteiger partial charge in [0.05, 0.1) is 17.5 Å². The monoisotopic (exact) mass is 305 g/mol. The first-order chi connectivity index (χ1) is 9.97. The topological polar surface area (TPSA) is 55.4 Å². The van der Waals surface area contributed by atoms with Crippen molar-refractivity contribution in [1.82, 2.24) is 5.48 Å².